The summed E-state index contributed by atoms with van der Waals surface area (Å²) in [5, 5.41) is 9.40. The summed E-state index contributed by atoms with van der Waals surface area (Å²) in [6.45, 7) is 1.71. The first-order valence-corrected chi connectivity index (χ1v) is 16.0. The van der Waals surface area contributed by atoms with Gasteiger partial charge >= 0.3 is 0 Å². The number of rotatable bonds is 4. The Balaban J connectivity index is 1.36. The van der Waals surface area contributed by atoms with Gasteiger partial charge in [0.15, 0.2) is 0 Å². The molecular weight excluding hydrogens is 525 g/mol. The molecule has 0 unspecified atom stereocenters. The fourth-order valence-corrected chi connectivity index (χ4v) is 9.10. The van der Waals surface area contributed by atoms with E-state index in [1.807, 2.05) is 0 Å². The Morgan fingerprint density at radius 1 is 0.405 bits per heavy atom. The highest BCUT2D eigenvalue weighted by atomic mass is 31.1. The van der Waals surface area contributed by atoms with E-state index < -0.39 is 7.92 Å². The van der Waals surface area contributed by atoms with E-state index in [2.05, 4.69) is 163 Å². The molecule has 200 valence electrons. The lowest BCUT2D eigenvalue weighted by Crippen LogP contribution is -2.29. The molecule has 1 aliphatic heterocycles. The van der Waals surface area contributed by atoms with E-state index in [9.17, 15) is 0 Å². The zero-order chi connectivity index (χ0) is 27.9. The van der Waals surface area contributed by atoms with Crippen LogP contribution in [0.2, 0.25) is 0 Å². The monoisotopic (exact) mass is 555 g/mol. The summed E-state index contributed by atoms with van der Waals surface area (Å²) in [6.07, 6.45) is 0. The van der Waals surface area contributed by atoms with Gasteiger partial charge < -0.3 is 4.90 Å². The molecule has 2 heteroatoms. The Hall–Kier alpha value is -4.71. The van der Waals surface area contributed by atoms with E-state index in [0.717, 1.165) is 13.1 Å². The van der Waals surface area contributed by atoms with E-state index in [1.54, 1.807) is 0 Å². The second kappa shape index (κ2) is 10.6. The van der Waals surface area contributed by atoms with Crippen LogP contribution in [-0.2, 0) is 13.1 Å². The molecule has 7 aromatic rings. The smallest absolute Gasteiger partial charge is 0.0457 e. The van der Waals surface area contributed by atoms with Crippen molar-refractivity contribution < 1.29 is 0 Å². The lowest BCUT2D eigenvalue weighted by Gasteiger charge is -2.30. The standard InChI is InChI=1S/C40H30NP/c1-3-15-33(16-4-1)42(34-17-5-2-6-18-34)38-22-12-11-21-37(38)41-27-31-25-23-29-13-7-9-19-35(29)39(31)40-32(28-41)26-24-30-14-8-10-20-36(30)40/h1-26H,27-28H2. The third-order valence-corrected chi connectivity index (χ3v) is 11.0. The van der Waals surface area contributed by atoms with Crippen LogP contribution in [0, 0.1) is 0 Å². The van der Waals surface area contributed by atoms with E-state index >= 15 is 0 Å². The summed E-state index contributed by atoms with van der Waals surface area (Å²) >= 11 is 0. The molecule has 0 spiro atoms. The van der Waals surface area contributed by atoms with Crippen molar-refractivity contribution in [3.8, 4) is 11.1 Å². The number of para-hydroxylation sites is 1. The van der Waals surface area contributed by atoms with Gasteiger partial charge in [-0.1, -0.05) is 152 Å². The fraction of sp³-hybridized carbons (Fsp3) is 0.0500. The summed E-state index contributed by atoms with van der Waals surface area (Å²) < 4.78 is 0. The number of anilines is 1. The fourth-order valence-electron chi connectivity index (χ4n) is 6.63. The van der Waals surface area contributed by atoms with Gasteiger partial charge in [-0.05, 0) is 68.4 Å². The molecule has 0 aromatic heterocycles. The highest BCUT2D eigenvalue weighted by molar-refractivity contribution is 7.80. The molecule has 0 bridgehead atoms. The van der Waals surface area contributed by atoms with Gasteiger partial charge in [0.2, 0.25) is 0 Å². The van der Waals surface area contributed by atoms with Crippen molar-refractivity contribution in [2.45, 2.75) is 13.1 Å². The minimum Gasteiger partial charge on any atom is -0.362 e. The van der Waals surface area contributed by atoms with Crippen molar-refractivity contribution in [3.05, 3.63) is 169 Å². The Labute approximate surface area is 248 Å². The topological polar surface area (TPSA) is 3.24 Å². The van der Waals surface area contributed by atoms with Gasteiger partial charge in [-0.15, -0.1) is 0 Å². The number of benzene rings is 7. The molecule has 1 nitrogen and oxygen atoms in total. The Morgan fingerprint density at radius 3 is 1.40 bits per heavy atom. The Morgan fingerprint density at radius 2 is 0.857 bits per heavy atom. The average Bonchev–Trinajstić information content (AvgIpc) is 3.23. The van der Waals surface area contributed by atoms with E-state index in [0.29, 0.717) is 0 Å². The molecule has 0 radical (unpaired) electrons. The zero-order valence-electron chi connectivity index (χ0n) is 23.3. The Bertz CT molecular complexity index is 1920. The summed E-state index contributed by atoms with van der Waals surface area (Å²) in [5.74, 6) is 0. The van der Waals surface area contributed by atoms with Crippen LogP contribution in [0.3, 0.4) is 0 Å². The zero-order valence-corrected chi connectivity index (χ0v) is 24.2. The molecule has 0 saturated heterocycles. The lowest BCUT2D eigenvalue weighted by atomic mass is 9.88. The third-order valence-electron chi connectivity index (χ3n) is 8.50. The van der Waals surface area contributed by atoms with E-state index in [4.69, 9.17) is 0 Å². The third kappa shape index (κ3) is 4.30. The maximum Gasteiger partial charge on any atom is 0.0457 e. The van der Waals surface area contributed by atoms with Crippen molar-refractivity contribution in [1.29, 1.82) is 0 Å². The normalized spacial score (nSPS) is 12.7. The molecule has 42 heavy (non-hydrogen) atoms. The van der Waals surface area contributed by atoms with Crippen molar-refractivity contribution in [2.75, 3.05) is 4.90 Å². The molecule has 7 aromatic carbocycles. The van der Waals surface area contributed by atoms with Crippen LogP contribution in [0.1, 0.15) is 11.1 Å². The van der Waals surface area contributed by atoms with E-state index in [1.165, 1.54) is 65.4 Å². The van der Waals surface area contributed by atoms with Crippen molar-refractivity contribution in [2.24, 2.45) is 0 Å². The second-order valence-electron chi connectivity index (χ2n) is 11.0. The highest BCUT2D eigenvalue weighted by Crippen LogP contribution is 2.44. The molecule has 1 aliphatic rings. The minimum atomic E-state index is -0.733. The SMILES string of the molecule is c1ccc(P(c2ccccc2)c2ccccc2N2Cc3ccc4ccccc4c3-c3c(ccc4ccccc34)C2)cc1. The van der Waals surface area contributed by atoms with Crippen LogP contribution < -0.4 is 20.8 Å². The molecule has 8 rings (SSSR count). The maximum atomic E-state index is 2.62. The van der Waals surface area contributed by atoms with Gasteiger partial charge in [0, 0.05) is 24.1 Å². The molecular formula is C40H30NP. The predicted octanol–water partition coefficient (Wildman–Crippen LogP) is 8.94. The van der Waals surface area contributed by atoms with Gasteiger partial charge in [0.25, 0.3) is 0 Å². The van der Waals surface area contributed by atoms with Crippen LogP contribution in [-0.4, -0.2) is 0 Å². The van der Waals surface area contributed by atoms with Crippen LogP contribution in [0.5, 0.6) is 0 Å². The number of hydrogen-bond acceptors (Lipinski definition) is 1. The molecule has 0 saturated carbocycles. The molecule has 0 aliphatic carbocycles. The number of nitrogens with zero attached hydrogens (tertiary/aromatic N) is 1. The summed E-state index contributed by atoms with van der Waals surface area (Å²) in [4.78, 5) is 2.62. The first kappa shape index (κ1) is 25.0. The number of hydrogen-bond donors (Lipinski definition) is 0. The minimum absolute atomic E-state index is 0.733. The average molecular weight is 556 g/mol. The van der Waals surface area contributed by atoms with Gasteiger partial charge in [0.05, 0.1) is 0 Å². The van der Waals surface area contributed by atoms with Crippen molar-refractivity contribution in [1.82, 2.24) is 0 Å². The molecule has 0 atom stereocenters. The first-order valence-electron chi connectivity index (χ1n) is 14.6. The highest BCUT2D eigenvalue weighted by Gasteiger charge is 2.27. The van der Waals surface area contributed by atoms with Gasteiger partial charge in [-0.3, -0.25) is 0 Å². The van der Waals surface area contributed by atoms with Crippen LogP contribution in [0.15, 0.2) is 158 Å². The van der Waals surface area contributed by atoms with Crippen LogP contribution >= 0.6 is 7.92 Å². The first-order chi connectivity index (χ1) is 20.8. The lowest BCUT2D eigenvalue weighted by molar-refractivity contribution is 0.816. The molecule has 0 amide bonds. The molecule has 0 N–H and O–H groups in total. The Kier molecular flexibility index (Phi) is 6.32. The maximum absolute atomic E-state index is 2.62. The van der Waals surface area contributed by atoms with Gasteiger partial charge in [-0.25, -0.2) is 0 Å². The molecule has 1 heterocycles. The van der Waals surface area contributed by atoms with Crippen molar-refractivity contribution >= 4 is 51.1 Å². The van der Waals surface area contributed by atoms with Crippen molar-refractivity contribution in [3.63, 3.8) is 0 Å². The number of fused-ring (bicyclic) bond motifs is 7. The summed E-state index contributed by atoms with van der Waals surface area (Å²) in [6, 6.07) is 58.3. The van der Waals surface area contributed by atoms with Crippen LogP contribution in [0.4, 0.5) is 5.69 Å². The van der Waals surface area contributed by atoms with E-state index in [-0.39, 0.29) is 0 Å². The van der Waals surface area contributed by atoms with Crippen LogP contribution in [0.25, 0.3) is 32.7 Å². The summed E-state index contributed by atoms with van der Waals surface area (Å²) in [5.41, 5.74) is 6.84. The quantitative estimate of drug-likeness (QED) is 0.196. The van der Waals surface area contributed by atoms with Gasteiger partial charge in [-0.2, -0.15) is 0 Å². The molecule has 0 fully saturated rings. The predicted molar refractivity (Wildman–Crippen MR) is 182 cm³/mol. The van der Waals surface area contributed by atoms with Gasteiger partial charge in [0.1, 0.15) is 0 Å². The largest absolute Gasteiger partial charge is 0.362 e. The summed E-state index contributed by atoms with van der Waals surface area (Å²) in [7, 11) is -0.733. The second-order valence-corrected chi connectivity index (χ2v) is 13.2.